The second kappa shape index (κ2) is 2.83. The van der Waals surface area contributed by atoms with Gasteiger partial charge < -0.3 is 10.3 Å². The number of nitrogens with zero attached hydrogens (tertiary/aromatic N) is 1. The minimum absolute atomic E-state index is 0.315. The molecule has 2 atom stereocenters. The highest BCUT2D eigenvalue weighted by Crippen LogP contribution is 2.64. The van der Waals surface area contributed by atoms with E-state index in [1.54, 1.807) is 0 Å². The number of nitrogens with two attached hydrogens (primary N) is 1. The lowest BCUT2D eigenvalue weighted by Crippen LogP contribution is -2.05. The summed E-state index contributed by atoms with van der Waals surface area (Å²) in [6.07, 6.45) is 0. The highest BCUT2D eigenvalue weighted by atomic mass is 16.5. The van der Waals surface area contributed by atoms with Gasteiger partial charge in [-0.3, -0.25) is 0 Å². The van der Waals surface area contributed by atoms with Crippen LogP contribution in [0.15, 0.2) is 4.52 Å². The van der Waals surface area contributed by atoms with Crippen LogP contribution >= 0.6 is 0 Å². The van der Waals surface area contributed by atoms with Gasteiger partial charge in [-0.05, 0) is 37.6 Å². The molecule has 1 aliphatic carbocycles. The molecule has 0 radical (unpaired) electrons. The topological polar surface area (TPSA) is 52.0 Å². The zero-order valence-electron chi connectivity index (χ0n) is 9.29. The largest absolute Gasteiger partial charge is 0.361 e. The Kier molecular flexibility index (Phi) is 1.96. The summed E-state index contributed by atoms with van der Waals surface area (Å²) in [5, 5.41) is 4.00. The Bertz CT molecular complexity index is 335. The van der Waals surface area contributed by atoms with Crippen LogP contribution in [-0.2, 0) is 0 Å². The van der Waals surface area contributed by atoms with E-state index in [2.05, 4.69) is 19.0 Å². The second-order valence-corrected chi connectivity index (χ2v) is 4.88. The summed E-state index contributed by atoms with van der Waals surface area (Å²) in [6, 6.07) is 0. The number of hydrogen-bond acceptors (Lipinski definition) is 3. The molecule has 2 N–H and O–H groups in total. The van der Waals surface area contributed by atoms with Crippen LogP contribution in [0, 0.1) is 25.2 Å². The summed E-state index contributed by atoms with van der Waals surface area (Å²) < 4.78 is 5.19. The third-order valence-corrected chi connectivity index (χ3v) is 3.70. The molecule has 0 spiro atoms. The van der Waals surface area contributed by atoms with Crippen LogP contribution in [0.5, 0.6) is 0 Å². The molecule has 0 aliphatic heterocycles. The lowest BCUT2D eigenvalue weighted by Gasteiger charge is -2.01. The quantitative estimate of drug-likeness (QED) is 0.783. The Labute approximate surface area is 84.7 Å². The van der Waals surface area contributed by atoms with E-state index in [1.807, 2.05) is 13.8 Å². The Balaban J connectivity index is 2.35. The van der Waals surface area contributed by atoms with Gasteiger partial charge in [-0.15, -0.1) is 0 Å². The fourth-order valence-electron chi connectivity index (χ4n) is 2.69. The normalized spacial score (nSPS) is 29.2. The summed E-state index contributed by atoms with van der Waals surface area (Å²) in [5.74, 6) is 2.08. The van der Waals surface area contributed by atoms with Crippen LogP contribution < -0.4 is 5.73 Å². The van der Waals surface area contributed by atoms with Gasteiger partial charge in [0.1, 0.15) is 5.76 Å². The number of rotatable bonds is 2. The molecule has 1 fully saturated rings. The molecule has 0 aromatic carbocycles. The zero-order chi connectivity index (χ0) is 10.5. The maximum absolute atomic E-state index is 5.76. The summed E-state index contributed by atoms with van der Waals surface area (Å²) in [4.78, 5) is 0. The van der Waals surface area contributed by atoms with Crippen LogP contribution in [0.1, 0.15) is 36.8 Å². The predicted molar refractivity (Wildman–Crippen MR) is 55.0 cm³/mol. The first-order valence-electron chi connectivity index (χ1n) is 5.13. The van der Waals surface area contributed by atoms with E-state index < -0.39 is 0 Å². The molecule has 2 rings (SSSR count). The Morgan fingerprint density at radius 2 is 2.07 bits per heavy atom. The van der Waals surface area contributed by atoms with E-state index in [-0.39, 0.29) is 0 Å². The maximum atomic E-state index is 5.76. The Morgan fingerprint density at radius 3 is 2.43 bits per heavy atom. The highest BCUT2D eigenvalue weighted by molar-refractivity contribution is 5.36. The van der Waals surface area contributed by atoms with Crippen molar-refractivity contribution in [3.63, 3.8) is 0 Å². The van der Waals surface area contributed by atoms with Crippen molar-refractivity contribution in [2.75, 3.05) is 6.54 Å². The maximum Gasteiger partial charge on any atom is 0.137 e. The van der Waals surface area contributed by atoms with E-state index in [0.717, 1.165) is 18.0 Å². The van der Waals surface area contributed by atoms with Crippen LogP contribution in [0.25, 0.3) is 0 Å². The van der Waals surface area contributed by atoms with Crippen molar-refractivity contribution in [2.24, 2.45) is 17.1 Å². The van der Waals surface area contributed by atoms with Gasteiger partial charge in [-0.25, -0.2) is 0 Å². The van der Waals surface area contributed by atoms with Crippen molar-refractivity contribution in [1.82, 2.24) is 5.16 Å². The van der Waals surface area contributed by atoms with Crippen LogP contribution in [0.2, 0.25) is 0 Å². The average Bonchev–Trinajstić information content (AvgIpc) is 2.48. The number of aromatic nitrogens is 1. The van der Waals surface area contributed by atoms with E-state index in [4.69, 9.17) is 10.3 Å². The van der Waals surface area contributed by atoms with Gasteiger partial charge in [0, 0.05) is 5.56 Å². The van der Waals surface area contributed by atoms with E-state index in [1.165, 1.54) is 5.56 Å². The van der Waals surface area contributed by atoms with Gasteiger partial charge >= 0.3 is 0 Å². The monoisotopic (exact) mass is 194 g/mol. The first-order chi connectivity index (χ1) is 6.50. The van der Waals surface area contributed by atoms with Crippen molar-refractivity contribution in [3.05, 3.63) is 17.0 Å². The van der Waals surface area contributed by atoms with Gasteiger partial charge in [-0.2, -0.15) is 0 Å². The van der Waals surface area contributed by atoms with Crippen molar-refractivity contribution in [1.29, 1.82) is 0 Å². The minimum atomic E-state index is 0.315. The summed E-state index contributed by atoms with van der Waals surface area (Å²) in [7, 11) is 0. The fourth-order valence-corrected chi connectivity index (χ4v) is 2.69. The lowest BCUT2D eigenvalue weighted by molar-refractivity contribution is 0.392. The fraction of sp³-hybridized carbons (Fsp3) is 0.727. The van der Waals surface area contributed by atoms with Crippen LogP contribution in [0.4, 0.5) is 0 Å². The minimum Gasteiger partial charge on any atom is -0.361 e. The van der Waals surface area contributed by atoms with Gasteiger partial charge in [0.2, 0.25) is 0 Å². The highest BCUT2D eigenvalue weighted by Gasteiger charge is 2.58. The smallest absolute Gasteiger partial charge is 0.137 e. The van der Waals surface area contributed by atoms with Gasteiger partial charge in [0.15, 0.2) is 0 Å². The molecule has 3 heteroatoms. The molecule has 0 amide bonds. The van der Waals surface area contributed by atoms with E-state index in [0.29, 0.717) is 17.3 Å². The van der Waals surface area contributed by atoms with E-state index >= 15 is 0 Å². The van der Waals surface area contributed by atoms with Crippen molar-refractivity contribution in [2.45, 2.75) is 33.6 Å². The summed E-state index contributed by atoms with van der Waals surface area (Å²) in [5.41, 5.74) is 8.38. The second-order valence-electron chi connectivity index (χ2n) is 4.88. The zero-order valence-corrected chi connectivity index (χ0v) is 9.29. The van der Waals surface area contributed by atoms with Gasteiger partial charge in [0.05, 0.1) is 5.69 Å². The third-order valence-electron chi connectivity index (χ3n) is 3.70. The molecule has 1 heterocycles. The molecule has 78 valence electrons. The Hall–Kier alpha value is -0.830. The molecule has 0 saturated heterocycles. The van der Waals surface area contributed by atoms with Gasteiger partial charge in [0.25, 0.3) is 0 Å². The van der Waals surface area contributed by atoms with E-state index in [9.17, 15) is 0 Å². The van der Waals surface area contributed by atoms with Crippen molar-refractivity contribution < 1.29 is 4.52 Å². The molecular weight excluding hydrogens is 176 g/mol. The third kappa shape index (κ3) is 1.12. The molecule has 1 aromatic heterocycles. The molecule has 0 bridgehead atoms. The van der Waals surface area contributed by atoms with Crippen LogP contribution in [0.3, 0.4) is 0 Å². The number of aryl methyl sites for hydroxylation is 2. The molecule has 1 saturated carbocycles. The molecule has 3 nitrogen and oxygen atoms in total. The van der Waals surface area contributed by atoms with Gasteiger partial charge in [-0.1, -0.05) is 19.0 Å². The summed E-state index contributed by atoms with van der Waals surface area (Å²) in [6.45, 7) is 9.27. The summed E-state index contributed by atoms with van der Waals surface area (Å²) >= 11 is 0. The standard InChI is InChI=1S/C11H18N2O/c1-6-9(7(2)14-13-6)10-8(5-12)11(10,3)4/h8,10H,5,12H2,1-4H3/t8-,10+/m1/s1. The van der Waals surface area contributed by atoms with Crippen LogP contribution in [-0.4, -0.2) is 11.7 Å². The molecule has 14 heavy (non-hydrogen) atoms. The first kappa shape index (κ1) is 9.71. The molecule has 0 unspecified atom stereocenters. The van der Waals surface area contributed by atoms with Crippen molar-refractivity contribution >= 4 is 0 Å². The average molecular weight is 194 g/mol. The molecule has 1 aromatic rings. The Morgan fingerprint density at radius 1 is 1.43 bits per heavy atom. The predicted octanol–water partition coefficient (Wildman–Crippen LogP) is 1.99. The SMILES string of the molecule is Cc1noc(C)c1[C@@H]1[C@@H](CN)C1(C)C. The first-order valence-corrected chi connectivity index (χ1v) is 5.13. The molecular formula is C11H18N2O. The molecule has 1 aliphatic rings. The number of hydrogen-bond donors (Lipinski definition) is 1. The lowest BCUT2D eigenvalue weighted by atomic mass is 10.0. The van der Waals surface area contributed by atoms with Crippen molar-refractivity contribution in [3.8, 4) is 0 Å².